The van der Waals surface area contributed by atoms with Gasteiger partial charge in [0.2, 0.25) is 0 Å². The molecule has 0 unspecified atom stereocenters. The Morgan fingerprint density at radius 1 is 1.13 bits per heavy atom. The van der Waals surface area contributed by atoms with Gasteiger partial charge in [0.05, 0.1) is 55.3 Å². The van der Waals surface area contributed by atoms with E-state index in [1.165, 1.54) is 4.90 Å². The van der Waals surface area contributed by atoms with Gasteiger partial charge in [0.25, 0.3) is 0 Å². The lowest BCUT2D eigenvalue weighted by Gasteiger charge is -2.34. The van der Waals surface area contributed by atoms with Gasteiger partial charge in [0, 0.05) is 21.8 Å². The van der Waals surface area contributed by atoms with Gasteiger partial charge in [-0.2, -0.15) is 0 Å². The van der Waals surface area contributed by atoms with Crippen LogP contribution in [0.1, 0.15) is 15.9 Å². The predicted octanol–water partition coefficient (Wildman–Crippen LogP) is 1.64. The molecule has 1 aliphatic heterocycles. The van der Waals surface area contributed by atoms with Crippen LogP contribution in [0.15, 0.2) is 59.1 Å². The van der Waals surface area contributed by atoms with E-state index in [1.54, 1.807) is 12.1 Å². The van der Waals surface area contributed by atoms with E-state index in [9.17, 15) is 14.7 Å². The highest BCUT2D eigenvalue weighted by atomic mass is 35.5. The number of hydrogen-bond donors (Lipinski definition) is 2. The van der Waals surface area contributed by atoms with Crippen LogP contribution in [0, 0.1) is 0 Å². The molecule has 2 N–H and O–H groups in total. The third-order valence-corrected chi connectivity index (χ3v) is 7.40. The number of anilines is 2. The summed E-state index contributed by atoms with van der Waals surface area (Å²) < 4.78 is 11.7. The van der Waals surface area contributed by atoms with E-state index >= 15 is 0 Å². The lowest BCUT2D eigenvalue weighted by atomic mass is 9.86. The number of fused-ring (bicyclic) bond motifs is 2. The summed E-state index contributed by atoms with van der Waals surface area (Å²) in [5, 5.41) is 19.8. The molecule has 1 fully saturated rings. The molecule has 38 heavy (non-hydrogen) atoms. The van der Waals surface area contributed by atoms with Gasteiger partial charge in [-0.1, -0.05) is 41.0 Å². The number of benzene rings is 3. The topological polar surface area (TPSA) is 112 Å². The number of halogens is 1. The molecular formula is C28H25ClN4O5. The highest BCUT2D eigenvalue weighted by Crippen LogP contribution is 2.45. The van der Waals surface area contributed by atoms with Gasteiger partial charge < -0.3 is 34.3 Å². The van der Waals surface area contributed by atoms with Crippen molar-refractivity contribution in [1.82, 2.24) is 5.16 Å². The first-order valence-corrected chi connectivity index (χ1v) is 12.9. The largest absolute Gasteiger partial charge is 0.548 e. The Morgan fingerprint density at radius 2 is 1.87 bits per heavy atom. The number of aliphatic carboxylic acids is 1. The van der Waals surface area contributed by atoms with Crippen molar-refractivity contribution in [1.29, 1.82) is 0 Å². The lowest BCUT2D eigenvalue weighted by molar-refractivity contribution is -0.900. The summed E-state index contributed by atoms with van der Waals surface area (Å²) in [6.07, 6.45) is 0. The van der Waals surface area contributed by atoms with Crippen LogP contribution in [0.5, 0.6) is 5.75 Å². The molecule has 3 aromatic carbocycles. The smallest absolute Gasteiger partial charge is 0.196 e. The molecule has 10 heteroatoms. The van der Waals surface area contributed by atoms with Gasteiger partial charge in [-0.15, -0.1) is 0 Å². The minimum atomic E-state index is -1.26. The zero-order valence-corrected chi connectivity index (χ0v) is 21.2. The average molecular weight is 533 g/mol. The van der Waals surface area contributed by atoms with E-state index in [0.29, 0.717) is 50.7 Å². The summed E-state index contributed by atoms with van der Waals surface area (Å²) in [5.74, 6) is -0.132. The van der Waals surface area contributed by atoms with Crippen LogP contribution in [-0.2, 0) is 4.79 Å². The number of hydrogen-bond acceptors (Lipinski definition) is 8. The molecule has 2 aliphatic rings. The van der Waals surface area contributed by atoms with Crippen LogP contribution in [0.25, 0.3) is 22.2 Å². The van der Waals surface area contributed by atoms with Crippen LogP contribution in [0.3, 0.4) is 0 Å². The number of ketones is 1. The molecule has 1 aromatic heterocycles. The average Bonchev–Trinajstić information content (AvgIpc) is 3.37. The van der Waals surface area contributed by atoms with Crippen LogP contribution < -0.4 is 25.0 Å². The molecule has 1 aliphatic carbocycles. The van der Waals surface area contributed by atoms with Crippen molar-refractivity contribution in [3.8, 4) is 17.1 Å². The quantitative estimate of drug-likeness (QED) is 0.310. The maximum absolute atomic E-state index is 13.5. The molecule has 1 saturated heterocycles. The number of quaternary nitrogens is 1. The number of rotatable bonds is 8. The highest BCUT2D eigenvalue weighted by Gasteiger charge is 2.34. The second-order valence-corrected chi connectivity index (χ2v) is 9.88. The fraction of sp³-hybridized carbons (Fsp3) is 0.250. The number of carboxylic acids is 1. The van der Waals surface area contributed by atoms with Crippen LogP contribution >= 0.6 is 11.6 Å². The molecule has 6 rings (SSSR count). The summed E-state index contributed by atoms with van der Waals surface area (Å²) in [6, 6.07) is 16.4. The summed E-state index contributed by atoms with van der Waals surface area (Å²) >= 11 is 5.94. The van der Waals surface area contributed by atoms with E-state index < -0.39 is 12.5 Å². The third kappa shape index (κ3) is 4.44. The number of aromatic nitrogens is 1. The Kier molecular flexibility index (Phi) is 6.39. The number of carbonyl (C=O) groups excluding carboxylic acids is 2. The van der Waals surface area contributed by atoms with Crippen LogP contribution in [0.4, 0.5) is 11.4 Å². The molecule has 2 heterocycles. The number of carbonyl (C=O) groups is 2. The second kappa shape index (κ2) is 10.00. The Bertz CT molecular complexity index is 1530. The molecule has 194 valence electrons. The fourth-order valence-corrected chi connectivity index (χ4v) is 5.37. The minimum Gasteiger partial charge on any atom is -0.548 e. The molecule has 0 atom stereocenters. The van der Waals surface area contributed by atoms with Crippen molar-refractivity contribution < 1.29 is 28.9 Å². The SMILES string of the molecule is O=C([O-])CNc1cc(N2CC[NH+](CCOc3ccc(Cl)cc3)CC2)c2noc3c2c1C(=O)c1ccccc1-3. The van der Waals surface area contributed by atoms with Gasteiger partial charge in [-0.25, -0.2) is 0 Å². The zero-order valence-electron chi connectivity index (χ0n) is 20.5. The normalized spacial score (nSPS) is 15.0. The van der Waals surface area contributed by atoms with E-state index in [2.05, 4.69) is 15.4 Å². The minimum absolute atomic E-state index is 0.191. The van der Waals surface area contributed by atoms with Crippen LogP contribution in [0.2, 0.25) is 5.02 Å². The van der Waals surface area contributed by atoms with Crippen molar-refractivity contribution in [2.24, 2.45) is 0 Å². The van der Waals surface area contributed by atoms with Crippen molar-refractivity contribution in [2.75, 3.05) is 56.1 Å². The maximum Gasteiger partial charge on any atom is 0.196 e. The van der Waals surface area contributed by atoms with Gasteiger partial charge >= 0.3 is 0 Å². The molecule has 4 aromatic rings. The van der Waals surface area contributed by atoms with Crippen LogP contribution in [-0.4, -0.2) is 62.8 Å². The number of nitrogens with one attached hydrogen (secondary N) is 2. The van der Waals surface area contributed by atoms with Crippen molar-refractivity contribution in [3.05, 3.63) is 70.7 Å². The van der Waals surface area contributed by atoms with E-state index in [1.807, 2.05) is 42.5 Å². The van der Waals surface area contributed by atoms with E-state index in [-0.39, 0.29) is 5.78 Å². The van der Waals surface area contributed by atoms with Crippen molar-refractivity contribution in [3.63, 3.8) is 0 Å². The van der Waals surface area contributed by atoms with E-state index in [0.717, 1.165) is 44.2 Å². The Morgan fingerprint density at radius 3 is 2.61 bits per heavy atom. The molecule has 0 spiro atoms. The first-order valence-electron chi connectivity index (χ1n) is 12.5. The first kappa shape index (κ1) is 24.3. The monoisotopic (exact) mass is 532 g/mol. The number of carboxylic acid groups (broad SMARTS) is 1. The second-order valence-electron chi connectivity index (χ2n) is 9.44. The zero-order chi connectivity index (χ0) is 26.2. The van der Waals surface area contributed by atoms with Gasteiger partial charge in [0.15, 0.2) is 11.5 Å². The Hall–Kier alpha value is -4.08. The standard InChI is InChI=1S/C28H25ClN4O5/c29-17-5-7-18(8-6-17)37-14-13-32-9-11-33(12-10-32)22-15-21(30-16-23(34)35)24-25-26(22)31-38-28(25)20-4-2-1-3-19(20)27(24)36/h1-8,15,30H,9-14,16H2,(H,34,35). The third-order valence-electron chi connectivity index (χ3n) is 7.15. The Labute approximate surface area is 223 Å². The summed E-state index contributed by atoms with van der Waals surface area (Å²) in [6.45, 7) is 4.35. The predicted molar refractivity (Wildman–Crippen MR) is 141 cm³/mol. The summed E-state index contributed by atoms with van der Waals surface area (Å²) in [4.78, 5) is 28.4. The number of ether oxygens (including phenoxy) is 1. The molecule has 0 amide bonds. The fourth-order valence-electron chi connectivity index (χ4n) is 5.25. The maximum atomic E-state index is 13.5. The summed E-state index contributed by atoms with van der Waals surface area (Å²) in [5.41, 5.74) is 3.41. The van der Waals surface area contributed by atoms with Crippen molar-refractivity contribution >= 4 is 45.6 Å². The molecule has 0 radical (unpaired) electrons. The summed E-state index contributed by atoms with van der Waals surface area (Å²) in [7, 11) is 0. The molecule has 0 bridgehead atoms. The molecule has 0 saturated carbocycles. The molecule has 9 nitrogen and oxygen atoms in total. The van der Waals surface area contributed by atoms with E-state index in [4.69, 9.17) is 20.9 Å². The molecular weight excluding hydrogens is 508 g/mol. The Balaban J connectivity index is 1.24. The van der Waals surface area contributed by atoms with Crippen molar-refractivity contribution in [2.45, 2.75) is 0 Å². The van der Waals surface area contributed by atoms with Gasteiger partial charge in [-0.05, 0) is 30.3 Å². The highest BCUT2D eigenvalue weighted by molar-refractivity contribution is 6.30. The number of nitrogens with zero attached hydrogens (tertiary/aromatic N) is 2. The van der Waals surface area contributed by atoms with Gasteiger partial charge in [0.1, 0.15) is 24.4 Å². The van der Waals surface area contributed by atoms with Gasteiger partial charge in [-0.3, -0.25) is 4.79 Å². The lowest BCUT2D eigenvalue weighted by Crippen LogP contribution is -3.15. The number of piperazine rings is 1. The first-order chi connectivity index (χ1) is 18.5.